The lowest BCUT2D eigenvalue weighted by Gasteiger charge is -2.27. The molecule has 0 aliphatic carbocycles. The van der Waals surface area contributed by atoms with Gasteiger partial charge in [-0.1, -0.05) is 38.1 Å². The first-order valence-corrected chi connectivity index (χ1v) is 9.89. The van der Waals surface area contributed by atoms with E-state index >= 15 is 0 Å². The van der Waals surface area contributed by atoms with E-state index in [0.29, 0.717) is 11.5 Å². The summed E-state index contributed by atoms with van der Waals surface area (Å²) in [6, 6.07) is 15.6. The zero-order valence-corrected chi connectivity index (χ0v) is 17.1. The Kier molecular flexibility index (Phi) is 8.24. The molecule has 0 spiro atoms. The average Bonchev–Trinajstić information content (AvgIpc) is 2.70. The first-order chi connectivity index (χ1) is 12.9. The number of benzene rings is 2. The van der Waals surface area contributed by atoms with Crippen LogP contribution in [0.1, 0.15) is 25.0 Å². The summed E-state index contributed by atoms with van der Waals surface area (Å²) in [6.07, 6.45) is -1.08. The van der Waals surface area contributed by atoms with Gasteiger partial charge in [-0.3, -0.25) is 0 Å². The highest BCUT2D eigenvalue weighted by atomic mass is 35.5. The number of hydrogen-bond acceptors (Lipinski definition) is 4. The summed E-state index contributed by atoms with van der Waals surface area (Å²) in [5.41, 5.74) is 2.05. The van der Waals surface area contributed by atoms with E-state index in [1.165, 1.54) is 0 Å². The Morgan fingerprint density at radius 1 is 0.889 bits per heavy atom. The maximum Gasteiger partial charge on any atom is 0.135 e. The average molecular weight is 413 g/mol. The molecule has 0 saturated carbocycles. The van der Waals surface area contributed by atoms with E-state index in [4.69, 9.17) is 32.7 Å². The van der Waals surface area contributed by atoms with Crippen LogP contribution in [0, 0.1) is 0 Å². The van der Waals surface area contributed by atoms with Crippen molar-refractivity contribution in [2.75, 3.05) is 25.0 Å². The number of ether oxygens (including phenoxy) is 2. The van der Waals surface area contributed by atoms with Gasteiger partial charge in [0.25, 0.3) is 0 Å². The van der Waals surface area contributed by atoms with Crippen LogP contribution >= 0.6 is 23.2 Å². The van der Waals surface area contributed by atoms with Crippen molar-refractivity contribution in [1.29, 1.82) is 0 Å². The molecule has 0 fully saturated rings. The third-order valence-electron chi connectivity index (χ3n) is 4.45. The highest BCUT2D eigenvalue weighted by Crippen LogP contribution is 2.33. The van der Waals surface area contributed by atoms with E-state index < -0.39 is 12.2 Å². The van der Waals surface area contributed by atoms with Gasteiger partial charge in [0, 0.05) is 5.41 Å². The van der Waals surface area contributed by atoms with Gasteiger partial charge in [-0.15, -0.1) is 23.2 Å². The van der Waals surface area contributed by atoms with Crippen molar-refractivity contribution < 1.29 is 19.7 Å². The fraction of sp³-hybridized carbons (Fsp3) is 0.429. The highest BCUT2D eigenvalue weighted by Gasteiger charge is 2.23. The molecule has 0 saturated heterocycles. The van der Waals surface area contributed by atoms with Gasteiger partial charge in [0.1, 0.15) is 30.3 Å². The number of aliphatic hydroxyl groups is 2. The smallest absolute Gasteiger partial charge is 0.135 e. The molecule has 4 nitrogen and oxygen atoms in total. The van der Waals surface area contributed by atoms with Crippen molar-refractivity contribution in [2.45, 2.75) is 31.5 Å². The van der Waals surface area contributed by atoms with Crippen LogP contribution < -0.4 is 9.47 Å². The second-order valence-electron chi connectivity index (χ2n) is 6.87. The number of halogens is 2. The number of alkyl halides is 2. The van der Waals surface area contributed by atoms with Gasteiger partial charge in [0.15, 0.2) is 0 Å². The topological polar surface area (TPSA) is 58.9 Å². The molecular formula is C21H26Cl2O4. The summed E-state index contributed by atoms with van der Waals surface area (Å²) in [4.78, 5) is 0. The second-order valence-corrected chi connectivity index (χ2v) is 7.49. The van der Waals surface area contributed by atoms with Crippen molar-refractivity contribution >= 4 is 23.2 Å². The third kappa shape index (κ3) is 6.01. The van der Waals surface area contributed by atoms with Gasteiger partial charge in [0.05, 0.1) is 18.4 Å². The van der Waals surface area contributed by atoms with Gasteiger partial charge in [0.2, 0.25) is 0 Å². The lowest BCUT2D eigenvalue weighted by atomic mass is 9.78. The third-order valence-corrected chi connectivity index (χ3v) is 5.15. The molecule has 2 aromatic carbocycles. The number of hydrogen-bond donors (Lipinski definition) is 2. The van der Waals surface area contributed by atoms with Gasteiger partial charge in [-0.05, 0) is 35.4 Å². The Morgan fingerprint density at radius 3 is 1.85 bits per heavy atom. The van der Waals surface area contributed by atoms with Gasteiger partial charge < -0.3 is 19.7 Å². The van der Waals surface area contributed by atoms with Crippen molar-refractivity contribution in [2.24, 2.45) is 0 Å². The lowest BCUT2D eigenvalue weighted by molar-refractivity contribution is 0.125. The predicted octanol–water partition coefficient (Wildman–Crippen LogP) is 3.97. The Labute approximate surface area is 170 Å². The van der Waals surface area contributed by atoms with Crippen LogP contribution in [-0.2, 0) is 5.41 Å². The molecular weight excluding hydrogens is 387 g/mol. The number of aliphatic hydroxyl groups excluding tert-OH is 2. The van der Waals surface area contributed by atoms with Crippen LogP contribution in [0.5, 0.6) is 11.5 Å². The van der Waals surface area contributed by atoms with E-state index in [9.17, 15) is 10.2 Å². The minimum atomic E-state index is -0.673. The van der Waals surface area contributed by atoms with E-state index in [1.807, 2.05) is 48.5 Å². The summed E-state index contributed by atoms with van der Waals surface area (Å²) in [6.45, 7) is 4.34. The van der Waals surface area contributed by atoms with Gasteiger partial charge in [-0.2, -0.15) is 0 Å². The molecule has 27 heavy (non-hydrogen) atoms. The molecule has 0 aliphatic rings. The standard InChI is InChI=1S/C21H26Cl2O4/c1-21(2,15-3-7-18(8-4-15)26-14-17(25)11-22)16-5-9-19(10-6-16)27-20(12-23)13-24/h3-10,17,20,24-25H,11-14H2,1-2H3. The molecule has 0 aromatic heterocycles. The van der Waals surface area contributed by atoms with E-state index in [-0.39, 0.29) is 30.4 Å². The van der Waals surface area contributed by atoms with Crippen LogP contribution in [0.4, 0.5) is 0 Å². The van der Waals surface area contributed by atoms with Crippen molar-refractivity contribution in [1.82, 2.24) is 0 Å². The van der Waals surface area contributed by atoms with Crippen molar-refractivity contribution in [3.05, 3.63) is 59.7 Å². The Bertz CT molecular complexity index is 682. The molecule has 6 heteroatoms. The Morgan fingerprint density at radius 2 is 1.41 bits per heavy atom. The maximum absolute atomic E-state index is 9.47. The largest absolute Gasteiger partial charge is 0.491 e. The summed E-state index contributed by atoms with van der Waals surface area (Å²) >= 11 is 11.3. The Balaban J connectivity index is 2.08. The van der Waals surface area contributed by atoms with Gasteiger partial charge >= 0.3 is 0 Å². The van der Waals surface area contributed by atoms with E-state index in [0.717, 1.165) is 11.1 Å². The second kappa shape index (κ2) is 10.2. The molecule has 2 N–H and O–H groups in total. The molecule has 2 aromatic rings. The minimum absolute atomic E-state index is 0.118. The predicted molar refractivity (Wildman–Crippen MR) is 109 cm³/mol. The maximum atomic E-state index is 9.47. The fourth-order valence-corrected chi connectivity index (χ4v) is 2.88. The monoisotopic (exact) mass is 412 g/mol. The van der Waals surface area contributed by atoms with Gasteiger partial charge in [-0.25, -0.2) is 0 Å². The molecule has 0 bridgehead atoms. The van der Waals surface area contributed by atoms with Crippen LogP contribution in [0.25, 0.3) is 0 Å². The van der Waals surface area contributed by atoms with E-state index in [1.54, 1.807) is 0 Å². The SMILES string of the molecule is CC(C)(c1ccc(OCC(O)CCl)cc1)c1ccc(OC(CO)CCl)cc1. The summed E-state index contributed by atoms with van der Waals surface area (Å²) in [7, 11) is 0. The summed E-state index contributed by atoms with van der Waals surface area (Å²) in [5, 5.41) is 18.7. The zero-order valence-electron chi connectivity index (χ0n) is 15.6. The summed E-state index contributed by atoms with van der Waals surface area (Å²) in [5.74, 6) is 1.75. The lowest BCUT2D eigenvalue weighted by Crippen LogP contribution is -2.23. The van der Waals surface area contributed by atoms with Crippen LogP contribution in [0.15, 0.2) is 48.5 Å². The van der Waals surface area contributed by atoms with Crippen molar-refractivity contribution in [3.63, 3.8) is 0 Å². The molecule has 0 heterocycles. The molecule has 148 valence electrons. The van der Waals surface area contributed by atoms with Crippen LogP contribution in [-0.4, -0.2) is 47.4 Å². The zero-order chi connectivity index (χ0) is 19.9. The van der Waals surface area contributed by atoms with E-state index in [2.05, 4.69) is 13.8 Å². The fourth-order valence-electron chi connectivity index (χ4n) is 2.63. The molecule has 0 amide bonds. The molecule has 2 atom stereocenters. The first kappa shape index (κ1) is 21.8. The van der Waals surface area contributed by atoms with Crippen molar-refractivity contribution in [3.8, 4) is 11.5 Å². The summed E-state index contributed by atoms with van der Waals surface area (Å²) < 4.78 is 11.2. The normalized spacial score (nSPS) is 13.9. The number of rotatable bonds is 10. The molecule has 2 rings (SSSR count). The highest BCUT2D eigenvalue weighted by molar-refractivity contribution is 6.18. The first-order valence-electron chi connectivity index (χ1n) is 8.82. The molecule has 0 radical (unpaired) electrons. The van der Waals surface area contributed by atoms with Crippen LogP contribution in [0.2, 0.25) is 0 Å². The quantitative estimate of drug-likeness (QED) is 0.579. The molecule has 0 aliphatic heterocycles. The Hall–Kier alpha value is -1.46. The minimum Gasteiger partial charge on any atom is -0.491 e. The van der Waals surface area contributed by atoms with Crippen LogP contribution in [0.3, 0.4) is 0 Å². The molecule has 2 unspecified atom stereocenters.